The number of ketones is 1. The fraction of sp³-hybridized carbons (Fsp3) is 0.200. The average molecular weight is 561 g/mol. The molecule has 1 aliphatic carbocycles. The van der Waals surface area contributed by atoms with Gasteiger partial charge in [0.2, 0.25) is 0 Å². The van der Waals surface area contributed by atoms with Crippen molar-refractivity contribution < 1.29 is 23.8 Å². The molecule has 4 aromatic rings. The number of benzene rings is 4. The van der Waals surface area contributed by atoms with E-state index in [2.05, 4.69) is 5.32 Å². The Morgan fingerprint density at radius 1 is 0.762 bits per heavy atom. The molecular weight excluding hydrogens is 528 g/mol. The smallest absolute Gasteiger partial charge is 0.259 e. The molecule has 0 saturated heterocycles. The fourth-order valence-corrected chi connectivity index (χ4v) is 5.98. The van der Waals surface area contributed by atoms with Gasteiger partial charge in [0.15, 0.2) is 17.3 Å². The van der Waals surface area contributed by atoms with Crippen LogP contribution in [0.1, 0.15) is 46.3 Å². The van der Waals surface area contributed by atoms with Crippen molar-refractivity contribution in [2.24, 2.45) is 0 Å². The van der Waals surface area contributed by atoms with Gasteiger partial charge in [0.25, 0.3) is 5.91 Å². The van der Waals surface area contributed by atoms with Gasteiger partial charge in [0.1, 0.15) is 5.75 Å². The molecule has 0 bridgehead atoms. The first-order valence-electron chi connectivity index (χ1n) is 13.9. The number of Topliss-reactive ketones (excluding diaryl/α,β-unsaturated/α-hetero) is 1. The lowest BCUT2D eigenvalue weighted by molar-refractivity contribution is -0.116. The second-order valence-electron chi connectivity index (χ2n) is 10.4. The van der Waals surface area contributed by atoms with Crippen molar-refractivity contribution in [2.45, 2.75) is 24.8 Å². The van der Waals surface area contributed by atoms with Crippen LogP contribution in [0.2, 0.25) is 0 Å². The largest absolute Gasteiger partial charge is 0.497 e. The number of hydrogen-bond donors (Lipinski definition) is 1. The normalized spacial score (nSPS) is 17.9. The Kier molecular flexibility index (Phi) is 7.40. The first-order valence-corrected chi connectivity index (χ1v) is 13.9. The second kappa shape index (κ2) is 11.4. The lowest BCUT2D eigenvalue weighted by Crippen LogP contribution is -2.38. The molecule has 0 fully saturated rings. The summed E-state index contributed by atoms with van der Waals surface area (Å²) in [6, 6.07) is 29.6. The number of hydrogen-bond acceptors (Lipinski definition) is 6. The van der Waals surface area contributed by atoms with E-state index in [1.165, 1.54) is 0 Å². The maximum Gasteiger partial charge on any atom is 0.259 e. The van der Waals surface area contributed by atoms with Crippen LogP contribution in [-0.2, 0) is 4.79 Å². The van der Waals surface area contributed by atoms with Gasteiger partial charge in [-0.25, -0.2) is 0 Å². The van der Waals surface area contributed by atoms with Gasteiger partial charge in [-0.05, 0) is 72.0 Å². The van der Waals surface area contributed by atoms with Gasteiger partial charge in [0, 0.05) is 23.3 Å². The number of amides is 1. The van der Waals surface area contributed by atoms with E-state index in [-0.39, 0.29) is 17.6 Å². The zero-order chi connectivity index (χ0) is 29.2. The Bertz CT molecular complexity index is 1660. The van der Waals surface area contributed by atoms with Crippen LogP contribution in [0.5, 0.6) is 17.2 Å². The Balaban J connectivity index is 1.56. The van der Waals surface area contributed by atoms with Crippen LogP contribution in [0.3, 0.4) is 0 Å². The van der Waals surface area contributed by atoms with E-state index >= 15 is 0 Å². The summed E-state index contributed by atoms with van der Waals surface area (Å²) in [6.45, 7) is 0. The van der Waals surface area contributed by atoms with Gasteiger partial charge >= 0.3 is 0 Å². The third-order valence-electron chi connectivity index (χ3n) is 8.04. The standard InChI is InChI=1S/C35H32N2O5/c1-40-26-16-13-22(14-17-26)25-19-28-33(30(38)20-25)34(24-15-18-31(41-2)32(21-24)42-3)37(29-12-8-7-11-27(29)36-28)35(39)23-9-5-4-6-10-23/h4-18,21,25,34,36H,19-20H2,1-3H3/t25-,34-/m0/s1. The lowest BCUT2D eigenvalue weighted by atomic mass is 9.78. The van der Waals surface area contributed by atoms with Gasteiger partial charge in [-0.3, -0.25) is 14.5 Å². The van der Waals surface area contributed by atoms with Gasteiger partial charge in [-0.2, -0.15) is 0 Å². The minimum Gasteiger partial charge on any atom is -0.497 e. The summed E-state index contributed by atoms with van der Waals surface area (Å²) >= 11 is 0. The zero-order valence-electron chi connectivity index (χ0n) is 23.8. The van der Waals surface area contributed by atoms with Crippen LogP contribution < -0.4 is 24.4 Å². The Morgan fingerprint density at radius 2 is 1.45 bits per heavy atom. The van der Waals surface area contributed by atoms with Crippen LogP contribution in [0.25, 0.3) is 0 Å². The van der Waals surface area contributed by atoms with Crippen molar-refractivity contribution in [1.82, 2.24) is 0 Å². The number of carbonyl (C=O) groups is 2. The number of methoxy groups -OCH3 is 3. The number of nitrogens with zero attached hydrogens (tertiary/aromatic N) is 1. The SMILES string of the molecule is COc1ccc([C@@H]2CC(=O)C3=C(C2)Nc2ccccc2N(C(=O)c2ccccc2)[C@H]3c2ccc(OC)c(OC)c2)cc1. The van der Waals surface area contributed by atoms with Crippen LogP contribution in [0.4, 0.5) is 11.4 Å². The number of carbonyl (C=O) groups excluding carboxylic acids is 2. The van der Waals surface area contributed by atoms with E-state index in [1.54, 1.807) is 38.4 Å². The molecule has 2 atom stereocenters. The van der Waals surface area contributed by atoms with Crippen molar-refractivity contribution in [3.8, 4) is 17.2 Å². The third kappa shape index (κ3) is 4.87. The fourth-order valence-electron chi connectivity index (χ4n) is 5.98. The summed E-state index contributed by atoms with van der Waals surface area (Å²) in [5, 5.41) is 3.59. The molecule has 6 rings (SSSR count). The molecule has 0 radical (unpaired) electrons. The van der Waals surface area contributed by atoms with Crippen LogP contribution in [0, 0.1) is 0 Å². The molecule has 0 saturated carbocycles. The summed E-state index contributed by atoms with van der Waals surface area (Å²) in [4.78, 5) is 30.4. The number of ether oxygens (including phenoxy) is 3. The van der Waals surface area contributed by atoms with Crippen LogP contribution in [0.15, 0.2) is 108 Å². The molecule has 1 heterocycles. The molecule has 1 aliphatic heterocycles. The minimum absolute atomic E-state index is 0.0111. The molecule has 4 aromatic carbocycles. The molecule has 0 unspecified atom stereocenters. The molecule has 0 aromatic heterocycles. The highest BCUT2D eigenvalue weighted by Crippen LogP contribution is 2.48. The van der Waals surface area contributed by atoms with E-state index in [0.717, 1.165) is 28.3 Å². The minimum atomic E-state index is -0.701. The monoisotopic (exact) mass is 560 g/mol. The van der Waals surface area contributed by atoms with Gasteiger partial charge in [-0.1, -0.05) is 48.5 Å². The maximum absolute atomic E-state index is 14.4. The molecule has 42 heavy (non-hydrogen) atoms. The molecule has 7 heteroatoms. The van der Waals surface area contributed by atoms with E-state index in [4.69, 9.17) is 14.2 Å². The molecule has 1 N–H and O–H groups in total. The van der Waals surface area contributed by atoms with Gasteiger partial charge in [0.05, 0.1) is 38.7 Å². The quantitative estimate of drug-likeness (QED) is 0.276. The van der Waals surface area contributed by atoms with E-state index in [0.29, 0.717) is 41.2 Å². The molecular formula is C35H32N2O5. The number of allylic oxidation sites excluding steroid dienone is 1. The van der Waals surface area contributed by atoms with Crippen molar-refractivity contribution in [3.63, 3.8) is 0 Å². The summed E-state index contributed by atoms with van der Waals surface area (Å²) in [5.74, 6) is 1.62. The highest BCUT2D eigenvalue weighted by Gasteiger charge is 2.42. The summed E-state index contributed by atoms with van der Waals surface area (Å²) in [7, 11) is 4.80. The zero-order valence-corrected chi connectivity index (χ0v) is 23.8. The average Bonchev–Trinajstić information content (AvgIpc) is 3.19. The predicted molar refractivity (Wildman–Crippen MR) is 163 cm³/mol. The Labute approximate surface area is 245 Å². The van der Waals surface area contributed by atoms with Crippen LogP contribution >= 0.6 is 0 Å². The topological polar surface area (TPSA) is 77.1 Å². The Morgan fingerprint density at radius 3 is 2.17 bits per heavy atom. The van der Waals surface area contributed by atoms with Crippen molar-refractivity contribution in [2.75, 3.05) is 31.5 Å². The summed E-state index contributed by atoms with van der Waals surface area (Å²) in [6.07, 6.45) is 0.930. The first-order chi connectivity index (χ1) is 20.5. The van der Waals surface area contributed by atoms with E-state index < -0.39 is 6.04 Å². The van der Waals surface area contributed by atoms with Crippen molar-refractivity contribution in [3.05, 3.63) is 125 Å². The highest BCUT2D eigenvalue weighted by molar-refractivity contribution is 6.12. The van der Waals surface area contributed by atoms with Crippen molar-refractivity contribution in [1.29, 1.82) is 0 Å². The van der Waals surface area contributed by atoms with Crippen LogP contribution in [-0.4, -0.2) is 33.0 Å². The third-order valence-corrected chi connectivity index (χ3v) is 8.04. The predicted octanol–water partition coefficient (Wildman–Crippen LogP) is 6.93. The summed E-state index contributed by atoms with van der Waals surface area (Å²) < 4.78 is 16.5. The molecule has 212 valence electrons. The number of fused-ring (bicyclic) bond motifs is 1. The molecule has 7 nitrogen and oxygen atoms in total. The number of rotatable bonds is 6. The Hall–Kier alpha value is -5.04. The van der Waals surface area contributed by atoms with Crippen molar-refractivity contribution >= 4 is 23.1 Å². The van der Waals surface area contributed by atoms with E-state index in [1.807, 2.05) is 84.9 Å². The first kappa shape index (κ1) is 27.1. The molecule has 2 aliphatic rings. The number of anilines is 2. The lowest BCUT2D eigenvalue weighted by Gasteiger charge is -2.35. The number of para-hydroxylation sites is 2. The van der Waals surface area contributed by atoms with E-state index in [9.17, 15) is 9.59 Å². The molecule has 0 spiro atoms. The summed E-state index contributed by atoms with van der Waals surface area (Å²) in [5.41, 5.74) is 5.18. The highest BCUT2D eigenvalue weighted by atomic mass is 16.5. The van der Waals surface area contributed by atoms with Gasteiger partial charge in [-0.15, -0.1) is 0 Å². The van der Waals surface area contributed by atoms with Gasteiger partial charge < -0.3 is 19.5 Å². The maximum atomic E-state index is 14.4. The second-order valence-corrected chi connectivity index (χ2v) is 10.4. The molecule has 1 amide bonds. The number of nitrogens with one attached hydrogen (secondary N) is 1.